The monoisotopic (exact) mass is 405 g/mol. The molecule has 1 N–H and O–H groups in total. The first-order valence-corrected chi connectivity index (χ1v) is 11.4. The highest BCUT2D eigenvalue weighted by Gasteiger charge is 2.39. The molecule has 0 radical (unpaired) electrons. The minimum atomic E-state index is -4.05. The van der Waals surface area contributed by atoms with E-state index in [0.717, 1.165) is 4.31 Å². The molecule has 1 heterocycles. The first-order valence-electron chi connectivity index (χ1n) is 8.15. The van der Waals surface area contributed by atoms with E-state index in [4.69, 9.17) is 9.84 Å². The zero-order valence-electron chi connectivity index (χ0n) is 14.7. The van der Waals surface area contributed by atoms with Gasteiger partial charge in [0.05, 0.1) is 18.6 Å². The molecule has 0 unspecified atom stereocenters. The van der Waals surface area contributed by atoms with E-state index in [9.17, 15) is 21.6 Å². The molecule has 1 aliphatic heterocycles. The maximum atomic E-state index is 13.2. The molecule has 0 bridgehead atoms. The van der Waals surface area contributed by atoms with Crippen molar-refractivity contribution < 1.29 is 31.5 Å². The summed E-state index contributed by atoms with van der Waals surface area (Å²) in [5, 5.41) is 8.83. The van der Waals surface area contributed by atoms with Crippen molar-refractivity contribution in [2.45, 2.75) is 37.1 Å². The minimum absolute atomic E-state index is 0.0420. The number of benzene rings is 1. The van der Waals surface area contributed by atoms with Crippen LogP contribution in [-0.4, -0.2) is 63.4 Å². The second-order valence-corrected chi connectivity index (χ2v) is 10.4. The molecule has 26 heavy (non-hydrogen) atoms. The van der Waals surface area contributed by atoms with Crippen LogP contribution < -0.4 is 4.74 Å². The van der Waals surface area contributed by atoms with Crippen molar-refractivity contribution in [1.82, 2.24) is 4.31 Å². The van der Waals surface area contributed by atoms with Gasteiger partial charge in [-0.1, -0.05) is 6.07 Å². The smallest absolute Gasteiger partial charge is 0.303 e. The Labute approximate surface area is 153 Å². The summed E-state index contributed by atoms with van der Waals surface area (Å²) < 4.78 is 56.4. The topological polar surface area (TPSA) is 118 Å². The highest BCUT2D eigenvalue weighted by atomic mass is 32.2. The molecule has 0 spiro atoms. The van der Waals surface area contributed by atoms with Crippen molar-refractivity contribution in [3.8, 4) is 5.75 Å². The van der Waals surface area contributed by atoms with E-state index < -0.39 is 31.9 Å². The summed E-state index contributed by atoms with van der Waals surface area (Å²) >= 11 is 0. The van der Waals surface area contributed by atoms with Gasteiger partial charge in [0.2, 0.25) is 10.0 Å². The molecule has 2 rings (SSSR count). The van der Waals surface area contributed by atoms with Crippen LogP contribution in [0.3, 0.4) is 0 Å². The maximum Gasteiger partial charge on any atom is 0.303 e. The molecule has 0 aliphatic carbocycles. The number of hydrogen-bond donors (Lipinski definition) is 1. The SMILES string of the molecule is COc1ccc(C)cc1S(=O)(=O)N(CCCC(=O)O)[C@H]1CCS(=O)(=O)C1. The van der Waals surface area contributed by atoms with Crippen LogP contribution in [-0.2, 0) is 24.7 Å². The Morgan fingerprint density at radius 1 is 1.38 bits per heavy atom. The third-order valence-corrected chi connectivity index (χ3v) is 8.01. The zero-order valence-corrected chi connectivity index (χ0v) is 16.3. The van der Waals surface area contributed by atoms with Crippen molar-refractivity contribution in [2.24, 2.45) is 0 Å². The van der Waals surface area contributed by atoms with Gasteiger partial charge in [-0.25, -0.2) is 16.8 Å². The molecule has 146 valence electrons. The first-order chi connectivity index (χ1) is 12.1. The fraction of sp³-hybridized carbons (Fsp3) is 0.562. The van der Waals surface area contributed by atoms with Gasteiger partial charge in [-0.15, -0.1) is 0 Å². The lowest BCUT2D eigenvalue weighted by Gasteiger charge is -2.28. The molecular formula is C16H23NO7S2. The van der Waals surface area contributed by atoms with Crippen LogP contribution in [0.15, 0.2) is 23.1 Å². The lowest BCUT2D eigenvalue weighted by atomic mass is 10.2. The number of sulfone groups is 1. The molecule has 1 aliphatic rings. The average molecular weight is 405 g/mol. The molecule has 1 aromatic rings. The van der Waals surface area contributed by atoms with Crippen LogP contribution in [0.1, 0.15) is 24.8 Å². The quantitative estimate of drug-likeness (QED) is 0.686. The van der Waals surface area contributed by atoms with Crippen molar-refractivity contribution in [2.75, 3.05) is 25.2 Å². The van der Waals surface area contributed by atoms with Crippen LogP contribution in [0.2, 0.25) is 0 Å². The second kappa shape index (κ2) is 7.93. The van der Waals surface area contributed by atoms with E-state index in [2.05, 4.69) is 0 Å². The number of hydrogen-bond acceptors (Lipinski definition) is 6. The summed E-state index contributed by atoms with van der Waals surface area (Å²) in [4.78, 5) is 10.7. The van der Waals surface area contributed by atoms with Crippen molar-refractivity contribution in [3.05, 3.63) is 23.8 Å². The third-order valence-electron chi connectivity index (χ3n) is 4.29. The number of aliphatic carboxylic acids is 1. The Bertz CT molecular complexity index is 878. The molecular weight excluding hydrogens is 382 g/mol. The minimum Gasteiger partial charge on any atom is -0.495 e. The number of nitrogens with zero attached hydrogens (tertiary/aromatic N) is 1. The van der Waals surface area contributed by atoms with Gasteiger partial charge < -0.3 is 9.84 Å². The zero-order chi connectivity index (χ0) is 19.5. The summed E-state index contributed by atoms with van der Waals surface area (Å²) in [6.45, 7) is 1.68. The van der Waals surface area contributed by atoms with E-state index in [-0.39, 0.29) is 48.0 Å². The largest absolute Gasteiger partial charge is 0.495 e. The van der Waals surface area contributed by atoms with Gasteiger partial charge in [0.25, 0.3) is 0 Å². The van der Waals surface area contributed by atoms with Crippen LogP contribution >= 0.6 is 0 Å². The van der Waals surface area contributed by atoms with Crippen molar-refractivity contribution in [3.63, 3.8) is 0 Å². The highest BCUT2D eigenvalue weighted by Crippen LogP contribution is 2.31. The third kappa shape index (κ3) is 4.74. The normalized spacial score (nSPS) is 19.6. The number of rotatable bonds is 8. The number of carboxylic acid groups (broad SMARTS) is 1. The van der Waals surface area contributed by atoms with Gasteiger partial charge >= 0.3 is 5.97 Å². The van der Waals surface area contributed by atoms with Crippen molar-refractivity contribution in [1.29, 1.82) is 0 Å². The van der Waals surface area contributed by atoms with Crippen LogP contribution in [0.4, 0.5) is 0 Å². The fourth-order valence-electron chi connectivity index (χ4n) is 3.00. The Balaban J connectivity index is 2.42. The van der Waals surface area contributed by atoms with Gasteiger partial charge in [-0.3, -0.25) is 4.79 Å². The fourth-order valence-corrected chi connectivity index (χ4v) is 6.76. The lowest BCUT2D eigenvalue weighted by molar-refractivity contribution is -0.137. The molecule has 1 atom stereocenters. The van der Waals surface area contributed by atoms with Gasteiger partial charge in [-0.05, 0) is 37.5 Å². The van der Waals surface area contributed by atoms with Crippen LogP contribution in [0.25, 0.3) is 0 Å². The van der Waals surface area contributed by atoms with E-state index in [1.807, 2.05) is 0 Å². The number of sulfonamides is 1. The van der Waals surface area contributed by atoms with E-state index >= 15 is 0 Å². The Morgan fingerprint density at radius 3 is 2.62 bits per heavy atom. The number of carbonyl (C=O) groups is 1. The Morgan fingerprint density at radius 2 is 2.08 bits per heavy atom. The van der Waals surface area contributed by atoms with Gasteiger partial charge in [0.1, 0.15) is 10.6 Å². The molecule has 1 aromatic carbocycles. The summed E-state index contributed by atoms with van der Waals surface area (Å²) in [5.41, 5.74) is 0.717. The number of carboxylic acids is 1. The summed E-state index contributed by atoms with van der Waals surface area (Å²) in [6.07, 6.45) is 0.0957. The molecule has 1 saturated heterocycles. The lowest BCUT2D eigenvalue weighted by Crippen LogP contribution is -2.42. The average Bonchev–Trinajstić information content (AvgIpc) is 2.90. The molecule has 0 aromatic heterocycles. The standard InChI is InChI=1S/C16H23NO7S2/c1-12-5-6-14(24-2)15(10-12)26(22,23)17(8-3-4-16(18)19)13-7-9-25(20,21)11-13/h5-6,10,13H,3-4,7-9,11H2,1-2H3,(H,18,19)/t13-/m0/s1. The maximum absolute atomic E-state index is 13.2. The number of aryl methyl sites for hydroxylation is 1. The van der Waals surface area contributed by atoms with E-state index in [0.29, 0.717) is 5.56 Å². The predicted molar refractivity (Wildman–Crippen MR) is 95.6 cm³/mol. The number of methoxy groups -OCH3 is 1. The highest BCUT2D eigenvalue weighted by molar-refractivity contribution is 7.92. The molecule has 1 fully saturated rings. The summed E-state index contributed by atoms with van der Waals surface area (Å²) in [7, 11) is -5.99. The number of ether oxygens (including phenoxy) is 1. The second-order valence-electron chi connectivity index (χ2n) is 6.32. The summed E-state index contributed by atoms with van der Waals surface area (Å²) in [6, 6.07) is 4.03. The van der Waals surface area contributed by atoms with E-state index in [1.165, 1.54) is 13.2 Å². The Kier molecular flexibility index (Phi) is 6.30. The first kappa shape index (κ1) is 20.7. The Hall–Kier alpha value is -1.65. The predicted octanol–water partition coefficient (Wildman–Crippen LogP) is 1.05. The van der Waals surface area contributed by atoms with Gasteiger partial charge in [0, 0.05) is 19.0 Å². The van der Waals surface area contributed by atoms with Gasteiger partial charge in [0.15, 0.2) is 9.84 Å². The molecule has 0 saturated carbocycles. The summed E-state index contributed by atoms with van der Waals surface area (Å²) in [5.74, 6) is -1.20. The van der Waals surface area contributed by atoms with Gasteiger partial charge in [-0.2, -0.15) is 4.31 Å². The van der Waals surface area contributed by atoms with Crippen molar-refractivity contribution >= 4 is 25.8 Å². The molecule has 10 heteroatoms. The van der Waals surface area contributed by atoms with E-state index in [1.54, 1.807) is 19.1 Å². The van der Waals surface area contributed by atoms with Crippen LogP contribution in [0, 0.1) is 6.92 Å². The molecule has 8 nitrogen and oxygen atoms in total. The van der Waals surface area contributed by atoms with Crippen LogP contribution in [0.5, 0.6) is 5.75 Å². The molecule has 0 amide bonds.